The van der Waals surface area contributed by atoms with Crippen LogP contribution in [0.3, 0.4) is 0 Å². The molecule has 0 aliphatic heterocycles. The molecule has 7 heteroatoms. The van der Waals surface area contributed by atoms with Gasteiger partial charge in [0.05, 0.1) is 6.54 Å². The third-order valence-electron chi connectivity index (χ3n) is 3.56. The average molecular weight is 440 g/mol. The molecule has 0 bridgehead atoms. The quantitative estimate of drug-likeness (QED) is 0.565. The Bertz CT molecular complexity index is 925. The van der Waals surface area contributed by atoms with Crippen LogP contribution in [-0.2, 0) is 13.2 Å². The van der Waals surface area contributed by atoms with E-state index in [0.29, 0.717) is 22.2 Å². The fourth-order valence-corrected chi connectivity index (χ4v) is 3.20. The average Bonchev–Trinajstić information content (AvgIpc) is 2.61. The molecule has 4 nitrogen and oxygen atoms in total. The summed E-state index contributed by atoms with van der Waals surface area (Å²) in [5.74, 6) is 0.199. The van der Waals surface area contributed by atoms with Gasteiger partial charge < -0.3 is 4.74 Å². The van der Waals surface area contributed by atoms with Gasteiger partial charge >= 0.3 is 0 Å². The van der Waals surface area contributed by atoms with E-state index in [1.165, 1.54) is 10.9 Å². The van der Waals surface area contributed by atoms with Gasteiger partial charge in [0, 0.05) is 15.6 Å². The maximum absolute atomic E-state index is 12.5. The summed E-state index contributed by atoms with van der Waals surface area (Å²) in [6, 6.07) is 14.9. The molecule has 0 unspecified atom stereocenters. The predicted octanol–water partition coefficient (Wildman–Crippen LogP) is 4.94. The molecule has 0 N–H and O–H groups in total. The number of ether oxygens (including phenoxy) is 1. The maximum Gasteiger partial charge on any atom is 0.271 e. The minimum atomic E-state index is -0.223. The van der Waals surface area contributed by atoms with E-state index in [0.717, 1.165) is 5.56 Å². The van der Waals surface area contributed by atoms with Crippen LogP contribution in [0.5, 0.6) is 5.88 Å². The van der Waals surface area contributed by atoms with Crippen molar-refractivity contribution in [2.24, 2.45) is 0 Å². The van der Waals surface area contributed by atoms with E-state index in [2.05, 4.69) is 20.9 Å². The number of halogens is 3. The van der Waals surface area contributed by atoms with E-state index < -0.39 is 0 Å². The maximum atomic E-state index is 12.5. The van der Waals surface area contributed by atoms with Gasteiger partial charge in [0.15, 0.2) is 0 Å². The van der Waals surface area contributed by atoms with Gasteiger partial charge in [-0.1, -0.05) is 59.6 Å². The van der Waals surface area contributed by atoms with Gasteiger partial charge in [-0.15, -0.1) is 0 Å². The zero-order valence-corrected chi connectivity index (χ0v) is 16.1. The zero-order chi connectivity index (χ0) is 17.8. The van der Waals surface area contributed by atoms with Crippen molar-refractivity contribution in [3.63, 3.8) is 0 Å². The van der Waals surface area contributed by atoms with Crippen LogP contribution >= 0.6 is 39.1 Å². The first-order chi connectivity index (χ1) is 12.1. The van der Waals surface area contributed by atoms with Crippen molar-refractivity contribution in [2.45, 2.75) is 13.2 Å². The van der Waals surface area contributed by atoms with E-state index in [-0.39, 0.29) is 22.5 Å². The number of nitrogens with zero attached hydrogens (tertiary/aromatic N) is 2. The molecule has 0 aliphatic rings. The molecular formula is C18H13BrCl2N2O2. The zero-order valence-electron chi connectivity index (χ0n) is 13.0. The third-order valence-corrected chi connectivity index (χ3v) is 4.95. The summed E-state index contributed by atoms with van der Waals surface area (Å²) in [5, 5.41) is 1.00. The second-order valence-corrected chi connectivity index (χ2v) is 6.88. The molecule has 0 atom stereocenters. The number of hydrogen-bond acceptors (Lipinski definition) is 3. The Labute approximate surface area is 163 Å². The molecule has 0 aliphatic carbocycles. The van der Waals surface area contributed by atoms with E-state index in [1.807, 2.05) is 30.3 Å². The lowest BCUT2D eigenvalue weighted by molar-refractivity contribution is 0.289. The molecule has 0 saturated heterocycles. The highest BCUT2D eigenvalue weighted by Gasteiger charge is 2.13. The van der Waals surface area contributed by atoms with Gasteiger partial charge in [-0.25, -0.2) is 4.98 Å². The molecule has 0 fully saturated rings. The predicted molar refractivity (Wildman–Crippen MR) is 103 cm³/mol. The first kappa shape index (κ1) is 18.0. The van der Waals surface area contributed by atoms with Crippen molar-refractivity contribution >= 4 is 39.1 Å². The van der Waals surface area contributed by atoms with Crippen LogP contribution in [0.1, 0.15) is 11.1 Å². The van der Waals surface area contributed by atoms with Gasteiger partial charge in [0.1, 0.15) is 17.4 Å². The fourth-order valence-electron chi connectivity index (χ4n) is 2.25. The highest BCUT2D eigenvalue weighted by molar-refractivity contribution is 9.10. The number of hydrogen-bond donors (Lipinski definition) is 0. The van der Waals surface area contributed by atoms with Gasteiger partial charge in [-0.3, -0.25) is 9.36 Å². The number of benzene rings is 2. The van der Waals surface area contributed by atoms with Crippen molar-refractivity contribution in [3.8, 4) is 5.88 Å². The SMILES string of the molecule is O=c1c(Br)c(OCc2c(Cl)cccc2Cl)ncn1Cc1ccccc1. The second-order valence-electron chi connectivity index (χ2n) is 5.27. The summed E-state index contributed by atoms with van der Waals surface area (Å²) in [4.78, 5) is 16.7. The molecule has 3 aromatic rings. The van der Waals surface area contributed by atoms with E-state index in [1.54, 1.807) is 18.2 Å². The Kier molecular flexibility index (Phi) is 5.78. The smallest absolute Gasteiger partial charge is 0.271 e. The minimum absolute atomic E-state index is 0.117. The van der Waals surface area contributed by atoms with Gasteiger partial charge in [0.25, 0.3) is 5.56 Å². The third kappa shape index (κ3) is 4.24. The largest absolute Gasteiger partial charge is 0.472 e. The Morgan fingerprint density at radius 2 is 1.72 bits per heavy atom. The molecule has 1 aromatic heterocycles. The first-order valence-corrected chi connectivity index (χ1v) is 8.95. The van der Waals surface area contributed by atoms with E-state index in [4.69, 9.17) is 27.9 Å². The van der Waals surface area contributed by atoms with E-state index >= 15 is 0 Å². The summed E-state index contributed by atoms with van der Waals surface area (Å²) >= 11 is 15.5. The van der Waals surface area contributed by atoms with Crippen LogP contribution in [0.2, 0.25) is 10.0 Å². The highest BCUT2D eigenvalue weighted by Crippen LogP contribution is 2.26. The Morgan fingerprint density at radius 1 is 1.04 bits per heavy atom. The van der Waals surface area contributed by atoms with Crippen LogP contribution in [0, 0.1) is 0 Å². The molecule has 128 valence electrons. The van der Waals surface area contributed by atoms with Crippen molar-refractivity contribution in [2.75, 3.05) is 0 Å². The van der Waals surface area contributed by atoms with Crippen LogP contribution in [-0.4, -0.2) is 9.55 Å². The second kappa shape index (κ2) is 8.04. The molecule has 0 amide bonds. The van der Waals surface area contributed by atoms with Crippen LogP contribution in [0.15, 0.2) is 64.1 Å². The van der Waals surface area contributed by atoms with Gasteiger partial charge in [-0.05, 0) is 33.6 Å². The molecule has 0 spiro atoms. The standard InChI is InChI=1S/C18H13BrCl2N2O2/c19-16-17(25-10-13-14(20)7-4-8-15(13)21)22-11-23(18(16)24)9-12-5-2-1-3-6-12/h1-8,11H,9-10H2. The first-order valence-electron chi connectivity index (χ1n) is 7.41. The summed E-state index contributed by atoms with van der Waals surface area (Å²) in [7, 11) is 0. The van der Waals surface area contributed by atoms with Crippen molar-refractivity contribution in [1.29, 1.82) is 0 Å². The Balaban J connectivity index is 1.80. The van der Waals surface area contributed by atoms with Crippen LogP contribution in [0.25, 0.3) is 0 Å². The van der Waals surface area contributed by atoms with Crippen molar-refractivity contribution < 1.29 is 4.74 Å². The van der Waals surface area contributed by atoms with Crippen LogP contribution in [0.4, 0.5) is 0 Å². The molecule has 3 rings (SSSR count). The molecule has 1 heterocycles. The monoisotopic (exact) mass is 438 g/mol. The molecule has 0 radical (unpaired) electrons. The molecule has 25 heavy (non-hydrogen) atoms. The molecular weight excluding hydrogens is 427 g/mol. The summed E-state index contributed by atoms with van der Waals surface area (Å²) in [6.07, 6.45) is 1.46. The minimum Gasteiger partial charge on any atom is -0.472 e. The van der Waals surface area contributed by atoms with Gasteiger partial charge in [0.2, 0.25) is 5.88 Å². The van der Waals surface area contributed by atoms with E-state index in [9.17, 15) is 4.79 Å². The number of rotatable bonds is 5. The lowest BCUT2D eigenvalue weighted by Crippen LogP contribution is -2.22. The fraction of sp³-hybridized carbons (Fsp3) is 0.111. The van der Waals surface area contributed by atoms with Crippen LogP contribution < -0.4 is 10.3 Å². The summed E-state index contributed by atoms with van der Waals surface area (Å²) in [6.45, 7) is 0.550. The Morgan fingerprint density at radius 3 is 2.40 bits per heavy atom. The summed E-state index contributed by atoms with van der Waals surface area (Å²) < 4.78 is 7.40. The van der Waals surface area contributed by atoms with Gasteiger partial charge in [-0.2, -0.15) is 0 Å². The Hall–Kier alpha value is -1.82. The molecule has 0 saturated carbocycles. The lowest BCUT2D eigenvalue weighted by Gasteiger charge is -2.11. The topological polar surface area (TPSA) is 44.1 Å². The van der Waals surface area contributed by atoms with Crippen molar-refractivity contribution in [1.82, 2.24) is 9.55 Å². The van der Waals surface area contributed by atoms with Crippen molar-refractivity contribution in [3.05, 3.63) is 90.9 Å². The summed E-state index contributed by atoms with van der Waals surface area (Å²) in [5.41, 5.74) is 1.43. The highest BCUT2D eigenvalue weighted by atomic mass is 79.9. The lowest BCUT2D eigenvalue weighted by atomic mass is 10.2. The normalized spacial score (nSPS) is 10.7. The number of aromatic nitrogens is 2. The molecule has 2 aromatic carbocycles.